The van der Waals surface area contributed by atoms with Crippen molar-refractivity contribution in [2.45, 2.75) is 136 Å². The Kier molecular flexibility index (Phi) is 7.53. The summed E-state index contributed by atoms with van der Waals surface area (Å²) in [5.41, 5.74) is 0.599. The predicted molar refractivity (Wildman–Crippen MR) is 146 cm³/mol. The molecule has 4 saturated carbocycles. The molecule has 1 N–H and O–H groups in total. The molecule has 4 aliphatic carbocycles. The minimum absolute atomic E-state index is 0.0280. The molecule has 5 nitrogen and oxygen atoms in total. The summed E-state index contributed by atoms with van der Waals surface area (Å²) >= 11 is 0. The molecular weight excluding hydrogens is 462 g/mol. The molecular formula is C32H53NO4. The van der Waals surface area contributed by atoms with Crippen molar-refractivity contribution in [1.82, 2.24) is 5.32 Å². The van der Waals surface area contributed by atoms with Crippen molar-refractivity contribution in [3.05, 3.63) is 0 Å². The first-order chi connectivity index (χ1) is 17.5. The Morgan fingerprint density at radius 1 is 1.03 bits per heavy atom. The lowest BCUT2D eigenvalue weighted by molar-refractivity contribution is -0.159. The summed E-state index contributed by atoms with van der Waals surface area (Å²) in [6, 6.07) is 0. The van der Waals surface area contributed by atoms with Crippen molar-refractivity contribution in [1.29, 1.82) is 0 Å². The molecule has 10 atom stereocenters. The standard InChI is InChI=1S/C32H53NO4/c1-7-28(34)33-19-29(35)36-22-13-16-31(6)26-14-15-30(5)24(21(4)10-8-9-20(2)3)11-12-25(30)23(26)17-27-32(31,18-22)37-27/h20-27H,7-19H2,1-6H3,(H,33,34)/t21-,22+,23+,24-,25+,26+,27-,30-,31-,32?/m1/s1. The van der Waals surface area contributed by atoms with Crippen LogP contribution >= 0.6 is 0 Å². The quantitative estimate of drug-likeness (QED) is 0.275. The monoisotopic (exact) mass is 515 g/mol. The van der Waals surface area contributed by atoms with Gasteiger partial charge in [-0.1, -0.05) is 60.8 Å². The molecule has 5 rings (SSSR count). The Morgan fingerprint density at radius 2 is 1.81 bits per heavy atom. The third-order valence-corrected chi connectivity index (χ3v) is 12.3. The summed E-state index contributed by atoms with van der Waals surface area (Å²) in [5.74, 6) is 4.49. The second-order valence-electron chi connectivity index (χ2n) is 14.5. The summed E-state index contributed by atoms with van der Waals surface area (Å²) in [6.07, 6.45) is 14.4. The molecule has 37 heavy (non-hydrogen) atoms. The van der Waals surface area contributed by atoms with Crippen LogP contribution in [-0.4, -0.2) is 36.2 Å². The molecule has 1 saturated heterocycles. The zero-order valence-electron chi connectivity index (χ0n) is 24.4. The van der Waals surface area contributed by atoms with E-state index in [-0.39, 0.29) is 35.5 Å². The fourth-order valence-corrected chi connectivity index (χ4v) is 10.3. The largest absolute Gasteiger partial charge is 0.461 e. The van der Waals surface area contributed by atoms with Gasteiger partial charge in [-0.3, -0.25) is 9.59 Å². The van der Waals surface area contributed by atoms with E-state index in [0.717, 1.165) is 54.8 Å². The van der Waals surface area contributed by atoms with Gasteiger partial charge < -0.3 is 14.8 Å². The van der Waals surface area contributed by atoms with Crippen molar-refractivity contribution < 1.29 is 19.1 Å². The summed E-state index contributed by atoms with van der Waals surface area (Å²) in [6.45, 7) is 14.2. The van der Waals surface area contributed by atoms with Crippen molar-refractivity contribution >= 4 is 11.9 Å². The number of amides is 1. The van der Waals surface area contributed by atoms with Gasteiger partial charge in [0.1, 0.15) is 18.2 Å². The minimum atomic E-state index is -0.314. The maximum Gasteiger partial charge on any atom is 0.325 e. The summed E-state index contributed by atoms with van der Waals surface area (Å²) in [4.78, 5) is 23.9. The van der Waals surface area contributed by atoms with E-state index in [0.29, 0.717) is 17.9 Å². The lowest BCUT2D eigenvalue weighted by Crippen LogP contribution is -2.59. The predicted octanol–water partition coefficient (Wildman–Crippen LogP) is 6.68. The van der Waals surface area contributed by atoms with E-state index < -0.39 is 0 Å². The smallest absolute Gasteiger partial charge is 0.325 e. The first-order valence-electron chi connectivity index (χ1n) is 15.7. The van der Waals surface area contributed by atoms with Crippen molar-refractivity contribution in [2.24, 2.45) is 46.3 Å². The highest BCUT2D eigenvalue weighted by Gasteiger charge is 2.76. The molecule has 0 aromatic rings. The molecule has 1 aliphatic heterocycles. The number of nitrogens with one attached hydrogen (secondary N) is 1. The molecule has 1 amide bonds. The third-order valence-electron chi connectivity index (χ3n) is 12.3. The molecule has 1 heterocycles. The van der Waals surface area contributed by atoms with Gasteiger partial charge in [0.2, 0.25) is 5.91 Å². The first kappa shape index (κ1) is 27.5. The lowest BCUT2D eigenvalue weighted by Gasteiger charge is -2.59. The van der Waals surface area contributed by atoms with E-state index in [2.05, 4.69) is 39.9 Å². The van der Waals surface area contributed by atoms with E-state index in [9.17, 15) is 9.59 Å². The number of carbonyl (C=O) groups excluding carboxylic acids is 2. The average molecular weight is 516 g/mol. The van der Waals surface area contributed by atoms with Crippen molar-refractivity contribution in [3.8, 4) is 0 Å². The topological polar surface area (TPSA) is 67.9 Å². The maximum absolute atomic E-state index is 12.4. The molecule has 5 heteroatoms. The maximum atomic E-state index is 12.4. The van der Waals surface area contributed by atoms with Crippen LogP contribution in [0.3, 0.4) is 0 Å². The Balaban J connectivity index is 1.23. The molecule has 1 spiro atoms. The van der Waals surface area contributed by atoms with Crippen LogP contribution in [0.1, 0.15) is 119 Å². The van der Waals surface area contributed by atoms with Gasteiger partial charge in [0.25, 0.3) is 0 Å². The Hall–Kier alpha value is -1.10. The Bertz CT molecular complexity index is 873. The molecule has 0 aromatic heterocycles. The highest BCUT2D eigenvalue weighted by atomic mass is 16.6. The third kappa shape index (κ3) is 4.67. The number of hydrogen-bond acceptors (Lipinski definition) is 4. The second kappa shape index (κ2) is 10.1. The summed E-state index contributed by atoms with van der Waals surface area (Å²) in [7, 11) is 0. The molecule has 0 bridgehead atoms. The molecule has 0 radical (unpaired) electrons. The molecule has 210 valence electrons. The molecule has 5 fully saturated rings. The van der Waals surface area contributed by atoms with Gasteiger partial charge in [-0.2, -0.15) is 0 Å². The van der Waals surface area contributed by atoms with Crippen LogP contribution in [0, 0.1) is 46.3 Å². The van der Waals surface area contributed by atoms with Gasteiger partial charge in [0.15, 0.2) is 0 Å². The zero-order chi connectivity index (χ0) is 26.6. The number of ether oxygens (including phenoxy) is 2. The fraction of sp³-hybridized carbons (Fsp3) is 0.938. The fourth-order valence-electron chi connectivity index (χ4n) is 10.3. The van der Waals surface area contributed by atoms with Gasteiger partial charge in [-0.05, 0) is 85.9 Å². The minimum Gasteiger partial charge on any atom is -0.461 e. The van der Waals surface area contributed by atoms with Gasteiger partial charge in [-0.15, -0.1) is 0 Å². The average Bonchev–Trinajstić information content (AvgIpc) is 3.43. The van der Waals surface area contributed by atoms with Crippen LogP contribution in [0.15, 0.2) is 0 Å². The van der Waals surface area contributed by atoms with Gasteiger partial charge in [0.05, 0.1) is 6.10 Å². The van der Waals surface area contributed by atoms with Crippen LogP contribution in [-0.2, 0) is 19.1 Å². The first-order valence-corrected chi connectivity index (χ1v) is 15.7. The number of esters is 1. The number of epoxide rings is 1. The molecule has 5 aliphatic rings. The number of fused-ring (bicyclic) bond motifs is 4. The van der Waals surface area contributed by atoms with Crippen molar-refractivity contribution in [3.63, 3.8) is 0 Å². The van der Waals surface area contributed by atoms with Crippen LogP contribution in [0.2, 0.25) is 0 Å². The number of hydrogen-bond donors (Lipinski definition) is 1. The van der Waals surface area contributed by atoms with E-state index in [4.69, 9.17) is 9.47 Å². The Labute approximate surface area is 225 Å². The van der Waals surface area contributed by atoms with Crippen LogP contribution in [0.4, 0.5) is 0 Å². The van der Waals surface area contributed by atoms with Crippen LogP contribution < -0.4 is 5.32 Å². The highest BCUT2D eigenvalue weighted by molar-refractivity contribution is 5.81. The van der Waals surface area contributed by atoms with Gasteiger partial charge in [-0.25, -0.2) is 0 Å². The summed E-state index contributed by atoms with van der Waals surface area (Å²) in [5, 5.41) is 2.65. The number of carbonyl (C=O) groups is 2. The summed E-state index contributed by atoms with van der Waals surface area (Å²) < 4.78 is 12.5. The van der Waals surface area contributed by atoms with E-state index in [1.54, 1.807) is 6.92 Å². The van der Waals surface area contributed by atoms with E-state index in [1.807, 2.05) is 0 Å². The molecule has 0 aromatic carbocycles. The normalized spacial score (nSPS) is 44.7. The van der Waals surface area contributed by atoms with Crippen molar-refractivity contribution in [2.75, 3.05) is 6.54 Å². The van der Waals surface area contributed by atoms with Crippen LogP contribution in [0.5, 0.6) is 0 Å². The van der Waals surface area contributed by atoms with E-state index in [1.165, 1.54) is 51.4 Å². The Morgan fingerprint density at radius 3 is 2.54 bits per heavy atom. The van der Waals surface area contributed by atoms with Gasteiger partial charge in [0, 0.05) is 18.3 Å². The lowest BCUT2D eigenvalue weighted by atomic mass is 9.44. The SMILES string of the molecule is CCC(=O)NCC(=O)O[C@H]1CC[C@]2(C)[C@H]3CC[C@]4(C)[C@@H]([C@H](C)CCCC(C)C)CC[C@H]4[C@@H]3C[C@H]3OC32C1. The second-order valence-corrected chi connectivity index (χ2v) is 14.5. The molecule has 1 unspecified atom stereocenters. The highest BCUT2D eigenvalue weighted by Crippen LogP contribution is 2.74. The number of rotatable bonds is 9. The van der Waals surface area contributed by atoms with E-state index >= 15 is 0 Å². The van der Waals surface area contributed by atoms with Crippen LogP contribution in [0.25, 0.3) is 0 Å². The zero-order valence-corrected chi connectivity index (χ0v) is 24.4. The van der Waals surface area contributed by atoms with Gasteiger partial charge >= 0.3 is 5.97 Å².